The molecular formula is C22H23ClN2O4S. The summed E-state index contributed by atoms with van der Waals surface area (Å²) < 4.78 is 15.8. The Balaban J connectivity index is 2.18. The Hall–Kier alpha value is -2.77. The summed E-state index contributed by atoms with van der Waals surface area (Å²) >= 11 is 12.1. The summed E-state index contributed by atoms with van der Waals surface area (Å²) in [7, 11) is 4.39. The number of carbonyl (C=O) groups excluding carboxylic acids is 1. The Morgan fingerprint density at radius 1 is 1.13 bits per heavy atom. The molecule has 6 nitrogen and oxygen atoms in total. The van der Waals surface area contributed by atoms with Crippen molar-refractivity contribution in [3.63, 3.8) is 0 Å². The van der Waals surface area contributed by atoms with Crippen molar-refractivity contribution in [2.45, 2.75) is 19.9 Å². The lowest BCUT2D eigenvalue weighted by atomic mass is 9.94. The molecule has 0 bridgehead atoms. The van der Waals surface area contributed by atoms with E-state index in [0.717, 1.165) is 11.3 Å². The van der Waals surface area contributed by atoms with Gasteiger partial charge in [0.05, 0.1) is 38.0 Å². The van der Waals surface area contributed by atoms with Crippen LogP contribution < -0.4 is 19.7 Å². The van der Waals surface area contributed by atoms with Crippen LogP contribution in [0.25, 0.3) is 0 Å². The maximum atomic E-state index is 12.8. The van der Waals surface area contributed by atoms with E-state index in [9.17, 15) is 4.79 Å². The lowest BCUT2D eigenvalue weighted by molar-refractivity contribution is -0.136. The van der Waals surface area contributed by atoms with Gasteiger partial charge in [-0.3, -0.25) is 4.90 Å². The van der Waals surface area contributed by atoms with E-state index in [2.05, 4.69) is 5.32 Å². The van der Waals surface area contributed by atoms with Crippen LogP contribution in [0.5, 0.6) is 11.5 Å². The summed E-state index contributed by atoms with van der Waals surface area (Å²) in [6, 6.07) is 10.8. The van der Waals surface area contributed by atoms with E-state index in [0.29, 0.717) is 38.5 Å². The zero-order chi connectivity index (χ0) is 22.0. The van der Waals surface area contributed by atoms with Crippen molar-refractivity contribution < 1.29 is 19.0 Å². The van der Waals surface area contributed by atoms with Crippen LogP contribution in [0.1, 0.15) is 24.1 Å². The number of esters is 1. The normalized spacial score (nSPS) is 16.3. The summed E-state index contributed by atoms with van der Waals surface area (Å²) in [5.41, 5.74) is 3.73. The number of hydrogen-bond acceptors (Lipinski definition) is 5. The molecule has 3 rings (SSSR count). The number of ether oxygens (including phenoxy) is 3. The van der Waals surface area contributed by atoms with Gasteiger partial charge in [-0.1, -0.05) is 23.7 Å². The molecule has 1 aliphatic rings. The highest BCUT2D eigenvalue weighted by molar-refractivity contribution is 7.80. The second-order valence-electron chi connectivity index (χ2n) is 6.79. The van der Waals surface area contributed by atoms with E-state index in [1.807, 2.05) is 43.0 Å². The minimum atomic E-state index is -0.566. The van der Waals surface area contributed by atoms with Gasteiger partial charge in [0, 0.05) is 11.4 Å². The van der Waals surface area contributed by atoms with Crippen molar-refractivity contribution in [1.29, 1.82) is 0 Å². The number of allylic oxidation sites excluding steroid dienone is 1. The third-order valence-electron chi connectivity index (χ3n) is 4.94. The van der Waals surface area contributed by atoms with Gasteiger partial charge < -0.3 is 19.5 Å². The number of halogens is 1. The molecule has 1 heterocycles. The molecule has 30 heavy (non-hydrogen) atoms. The summed E-state index contributed by atoms with van der Waals surface area (Å²) in [6.07, 6.45) is 0. The highest BCUT2D eigenvalue weighted by Gasteiger charge is 2.36. The van der Waals surface area contributed by atoms with Gasteiger partial charge in [-0.05, 0) is 61.5 Å². The van der Waals surface area contributed by atoms with Gasteiger partial charge >= 0.3 is 5.97 Å². The Kier molecular flexibility index (Phi) is 6.53. The first kappa shape index (κ1) is 21.9. The Labute approximate surface area is 186 Å². The predicted octanol–water partition coefficient (Wildman–Crippen LogP) is 4.55. The standard InChI is InChI=1S/C22H23ClN2O4S/c1-12-7-6-8-15(9-12)25-13(2)18(21(26)29-5)19(24-22(25)30)14-10-16(23)20(28-4)17(11-14)27-3/h6-11,19H,1-5H3,(H,24,30). The van der Waals surface area contributed by atoms with Gasteiger partial charge in [-0.2, -0.15) is 0 Å². The lowest BCUT2D eigenvalue weighted by Gasteiger charge is -2.37. The number of thiocarbonyl (C=S) groups is 1. The van der Waals surface area contributed by atoms with Crippen LogP contribution in [-0.4, -0.2) is 32.4 Å². The van der Waals surface area contributed by atoms with E-state index in [-0.39, 0.29) is 0 Å². The number of nitrogens with one attached hydrogen (secondary N) is 1. The number of aryl methyl sites for hydroxylation is 1. The molecule has 8 heteroatoms. The quantitative estimate of drug-likeness (QED) is 0.534. The molecule has 2 aromatic rings. The summed E-state index contributed by atoms with van der Waals surface area (Å²) in [5.74, 6) is 0.412. The average molecular weight is 447 g/mol. The first-order valence-corrected chi connectivity index (χ1v) is 9.98. The molecule has 2 aromatic carbocycles. The fraction of sp³-hybridized carbons (Fsp3) is 0.273. The van der Waals surface area contributed by atoms with Crippen LogP contribution in [0.2, 0.25) is 5.02 Å². The maximum Gasteiger partial charge on any atom is 0.337 e. The fourth-order valence-electron chi connectivity index (χ4n) is 3.55. The molecule has 0 spiro atoms. The third-order valence-corrected chi connectivity index (χ3v) is 5.52. The summed E-state index contributed by atoms with van der Waals surface area (Å²) in [4.78, 5) is 14.6. The Morgan fingerprint density at radius 3 is 2.47 bits per heavy atom. The van der Waals surface area contributed by atoms with E-state index < -0.39 is 12.0 Å². The zero-order valence-electron chi connectivity index (χ0n) is 17.4. The topological polar surface area (TPSA) is 60.0 Å². The number of methoxy groups -OCH3 is 3. The number of hydrogen-bond donors (Lipinski definition) is 1. The molecule has 1 unspecified atom stereocenters. The van der Waals surface area contributed by atoms with E-state index >= 15 is 0 Å². The third kappa shape index (κ3) is 3.95. The van der Waals surface area contributed by atoms with Gasteiger partial charge in [0.1, 0.15) is 0 Å². The molecule has 0 amide bonds. The first-order chi connectivity index (χ1) is 14.3. The zero-order valence-corrected chi connectivity index (χ0v) is 19.0. The van der Waals surface area contributed by atoms with E-state index in [1.54, 1.807) is 12.1 Å². The molecule has 1 N–H and O–H groups in total. The van der Waals surface area contributed by atoms with Gasteiger partial charge in [-0.15, -0.1) is 0 Å². The molecule has 158 valence electrons. The molecule has 0 radical (unpaired) electrons. The number of nitrogens with zero attached hydrogens (tertiary/aromatic N) is 1. The van der Waals surface area contributed by atoms with Crippen molar-refractivity contribution in [2.75, 3.05) is 26.2 Å². The lowest BCUT2D eigenvalue weighted by Crippen LogP contribution is -2.48. The molecule has 0 fully saturated rings. The van der Waals surface area contributed by atoms with Crippen LogP contribution in [0, 0.1) is 6.92 Å². The van der Waals surface area contributed by atoms with Crippen molar-refractivity contribution >= 4 is 40.6 Å². The summed E-state index contributed by atoms with van der Waals surface area (Å²) in [5, 5.41) is 4.08. The smallest absolute Gasteiger partial charge is 0.337 e. The number of benzene rings is 2. The number of anilines is 1. The largest absolute Gasteiger partial charge is 0.493 e. The molecule has 1 atom stereocenters. The van der Waals surface area contributed by atoms with Crippen molar-refractivity contribution in [3.05, 3.63) is 63.8 Å². The van der Waals surface area contributed by atoms with E-state index in [1.165, 1.54) is 21.3 Å². The van der Waals surface area contributed by atoms with Crippen LogP contribution in [-0.2, 0) is 9.53 Å². The van der Waals surface area contributed by atoms with Crippen LogP contribution in [0.15, 0.2) is 47.7 Å². The minimum absolute atomic E-state index is 0.363. The predicted molar refractivity (Wildman–Crippen MR) is 121 cm³/mol. The van der Waals surface area contributed by atoms with E-state index in [4.69, 9.17) is 38.0 Å². The minimum Gasteiger partial charge on any atom is -0.493 e. The highest BCUT2D eigenvalue weighted by Crippen LogP contribution is 2.41. The van der Waals surface area contributed by atoms with Crippen molar-refractivity contribution in [1.82, 2.24) is 5.32 Å². The average Bonchev–Trinajstić information content (AvgIpc) is 2.72. The van der Waals surface area contributed by atoms with Crippen LogP contribution >= 0.6 is 23.8 Å². The molecular weight excluding hydrogens is 424 g/mol. The van der Waals surface area contributed by atoms with Crippen LogP contribution in [0.3, 0.4) is 0 Å². The second-order valence-corrected chi connectivity index (χ2v) is 7.58. The fourth-order valence-corrected chi connectivity index (χ4v) is 4.21. The monoisotopic (exact) mass is 446 g/mol. The van der Waals surface area contributed by atoms with Gasteiger partial charge in [0.25, 0.3) is 0 Å². The number of rotatable bonds is 5. The molecule has 0 aliphatic carbocycles. The second kappa shape index (κ2) is 8.93. The highest BCUT2D eigenvalue weighted by atomic mass is 35.5. The molecule has 0 aromatic heterocycles. The van der Waals surface area contributed by atoms with Crippen molar-refractivity contribution in [3.8, 4) is 11.5 Å². The molecule has 1 aliphatic heterocycles. The van der Waals surface area contributed by atoms with Gasteiger partial charge in [0.15, 0.2) is 16.6 Å². The van der Waals surface area contributed by atoms with Crippen molar-refractivity contribution in [2.24, 2.45) is 0 Å². The maximum absolute atomic E-state index is 12.8. The van der Waals surface area contributed by atoms with Crippen LogP contribution in [0.4, 0.5) is 5.69 Å². The molecule has 0 saturated carbocycles. The Bertz CT molecular complexity index is 1040. The summed E-state index contributed by atoms with van der Waals surface area (Å²) in [6.45, 7) is 3.84. The van der Waals surface area contributed by atoms with Gasteiger partial charge in [-0.25, -0.2) is 4.79 Å². The Morgan fingerprint density at radius 2 is 1.87 bits per heavy atom. The first-order valence-electron chi connectivity index (χ1n) is 9.20. The molecule has 0 saturated heterocycles. The SMILES string of the molecule is COC(=O)C1=C(C)N(c2cccc(C)c2)C(=S)NC1c1cc(Cl)c(OC)c(OC)c1. The van der Waals surface area contributed by atoms with Gasteiger partial charge in [0.2, 0.25) is 0 Å². The number of carbonyl (C=O) groups is 1.